The number of aromatic nitrogens is 2. The molecule has 0 bridgehead atoms. The third-order valence-electron chi connectivity index (χ3n) is 4.39. The van der Waals surface area contributed by atoms with Gasteiger partial charge in [-0.3, -0.25) is 0 Å². The summed E-state index contributed by atoms with van der Waals surface area (Å²) in [6, 6.07) is 0.652. The van der Waals surface area contributed by atoms with Crippen LogP contribution in [0.5, 0.6) is 0 Å². The highest BCUT2D eigenvalue weighted by molar-refractivity contribution is 5.55. The van der Waals surface area contributed by atoms with Crippen LogP contribution in [0.25, 0.3) is 6.08 Å². The van der Waals surface area contributed by atoms with E-state index >= 15 is 0 Å². The predicted octanol–water partition coefficient (Wildman–Crippen LogP) is 2.81. The summed E-state index contributed by atoms with van der Waals surface area (Å²) in [6.07, 6.45) is 7.17. The van der Waals surface area contributed by atoms with Crippen LogP contribution in [0.1, 0.15) is 49.4 Å². The lowest BCUT2D eigenvalue weighted by atomic mass is 9.99. The van der Waals surface area contributed by atoms with Crippen molar-refractivity contribution in [2.45, 2.75) is 45.6 Å². The number of piperidine rings is 1. The topological polar surface area (TPSA) is 21.1 Å². The van der Waals surface area contributed by atoms with E-state index in [2.05, 4.69) is 36.4 Å². The van der Waals surface area contributed by atoms with Crippen molar-refractivity contribution in [3.63, 3.8) is 0 Å². The zero-order valence-electron chi connectivity index (χ0n) is 11.7. The molecule has 0 saturated carbocycles. The van der Waals surface area contributed by atoms with E-state index in [1.165, 1.54) is 55.1 Å². The van der Waals surface area contributed by atoms with Gasteiger partial charge < -0.3 is 9.47 Å². The van der Waals surface area contributed by atoms with Crippen LogP contribution in [0.4, 0.5) is 0 Å². The molecular weight excluding hydrogens is 222 g/mol. The van der Waals surface area contributed by atoms with E-state index in [0.717, 1.165) is 6.42 Å². The van der Waals surface area contributed by atoms with Crippen LogP contribution in [0.15, 0.2) is 5.57 Å². The van der Waals surface area contributed by atoms with Crippen molar-refractivity contribution in [3.05, 3.63) is 22.8 Å². The fourth-order valence-corrected chi connectivity index (χ4v) is 3.29. The zero-order chi connectivity index (χ0) is 12.7. The average Bonchev–Trinajstić information content (AvgIpc) is 2.66. The van der Waals surface area contributed by atoms with Crippen LogP contribution < -0.4 is 0 Å². The van der Waals surface area contributed by atoms with Crippen molar-refractivity contribution in [2.75, 3.05) is 20.1 Å². The fraction of sp³-hybridized carbons (Fsp3) is 0.667. The first-order valence-electron chi connectivity index (χ1n) is 7.08. The first kappa shape index (κ1) is 12.0. The fourth-order valence-electron chi connectivity index (χ4n) is 3.29. The quantitative estimate of drug-likeness (QED) is 0.758. The van der Waals surface area contributed by atoms with E-state index < -0.39 is 0 Å². The predicted molar refractivity (Wildman–Crippen MR) is 74.7 cm³/mol. The molecule has 3 nitrogen and oxygen atoms in total. The normalized spacial score (nSPS) is 21.8. The lowest BCUT2D eigenvalue weighted by Crippen LogP contribution is -2.32. The first-order valence-corrected chi connectivity index (χ1v) is 7.08. The molecule has 0 aromatic carbocycles. The van der Waals surface area contributed by atoms with Gasteiger partial charge in [0.25, 0.3) is 0 Å². The molecule has 0 radical (unpaired) electrons. The minimum atomic E-state index is 0.652. The number of hydrogen-bond acceptors (Lipinski definition) is 2. The van der Waals surface area contributed by atoms with E-state index in [-0.39, 0.29) is 0 Å². The van der Waals surface area contributed by atoms with Gasteiger partial charge in [-0.1, -0.05) is 5.57 Å². The lowest BCUT2D eigenvalue weighted by molar-refractivity contribution is 0.219. The number of aryl methyl sites for hydroxylation is 2. The highest BCUT2D eigenvalue weighted by atomic mass is 15.2. The third-order valence-corrected chi connectivity index (χ3v) is 4.39. The molecule has 0 unspecified atom stereocenters. The monoisotopic (exact) mass is 245 g/mol. The van der Waals surface area contributed by atoms with Crippen molar-refractivity contribution in [2.24, 2.45) is 0 Å². The molecule has 1 fully saturated rings. The summed E-state index contributed by atoms with van der Waals surface area (Å²) in [5, 5.41) is 0. The van der Waals surface area contributed by atoms with Crippen molar-refractivity contribution in [1.82, 2.24) is 14.5 Å². The standard InChI is InChI=1S/C15H23N3/c1-11-4-5-14-15(10-11)18(12(2)16-14)13-6-8-17(3)9-7-13/h10,13H,4-9H2,1-3H3. The van der Waals surface area contributed by atoms with E-state index in [4.69, 9.17) is 4.98 Å². The molecule has 2 aliphatic rings. The Morgan fingerprint density at radius 2 is 1.89 bits per heavy atom. The average molecular weight is 245 g/mol. The molecule has 98 valence electrons. The van der Waals surface area contributed by atoms with Gasteiger partial charge in [-0.05, 0) is 65.7 Å². The zero-order valence-corrected chi connectivity index (χ0v) is 11.7. The molecule has 1 aliphatic carbocycles. The molecule has 0 N–H and O–H groups in total. The Kier molecular flexibility index (Phi) is 3.02. The van der Waals surface area contributed by atoms with Crippen LogP contribution in [-0.2, 0) is 6.42 Å². The Labute approximate surface area is 110 Å². The second kappa shape index (κ2) is 4.54. The molecular formula is C15H23N3. The van der Waals surface area contributed by atoms with Gasteiger partial charge in [-0.15, -0.1) is 0 Å². The van der Waals surface area contributed by atoms with Gasteiger partial charge in [-0.2, -0.15) is 0 Å². The Morgan fingerprint density at radius 3 is 2.61 bits per heavy atom. The molecule has 2 heterocycles. The summed E-state index contributed by atoms with van der Waals surface area (Å²) >= 11 is 0. The van der Waals surface area contributed by atoms with Crippen molar-refractivity contribution < 1.29 is 0 Å². The highest BCUT2D eigenvalue weighted by Gasteiger charge is 2.24. The molecule has 1 aliphatic heterocycles. The highest BCUT2D eigenvalue weighted by Crippen LogP contribution is 2.31. The minimum absolute atomic E-state index is 0.652. The number of rotatable bonds is 1. The van der Waals surface area contributed by atoms with Gasteiger partial charge in [0.1, 0.15) is 5.82 Å². The second-order valence-corrected chi connectivity index (χ2v) is 5.89. The maximum atomic E-state index is 4.78. The Balaban J connectivity index is 1.95. The summed E-state index contributed by atoms with van der Waals surface area (Å²) in [5.41, 5.74) is 4.21. The Morgan fingerprint density at radius 1 is 1.17 bits per heavy atom. The van der Waals surface area contributed by atoms with Crippen molar-refractivity contribution >= 4 is 6.08 Å². The number of allylic oxidation sites excluding steroid dienone is 1. The summed E-state index contributed by atoms with van der Waals surface area (Å²) in [6.45, 7) is 6.82. The smallest absolute Gasteiger partial charge is 0.106 e. The largest absolute Gasteiger partial charge is 0.325 e. The van der Waals surface area contributed by atoms with E-state index in [0.29, 0.717) is 6.04 Å². The summed E-state index contributed by atoms with van der Waals surface area (Å²) in [5.74, 6) is 1.21. The van der Waals surface area contributed by atoms with Crippen LogP contribution in [0.2, 0.25) is 0 Å². The van der Waals surface area contributed by atoms with Gasteiger partial charge in [0.15, 0.2) is 0 Å². The molecule has 0 spiro atoms. The maximum absolute atomic E-state index is 4.78. The molecule has 1 saturated heterocycles. The summed E-state index contributed by atoms with van der Waals surface area (Å²) in [4.78, 5) is 7.21. The number of likely N-dealkylation sites (tertiary alicyclic amines) is 1. The van der Waals surface area contributed by atoms with Gasteiger partial charge in [0, 0.05) is 6.04 Å². The van der Waals surface area contributed by atoms with Gasteiger partial charge in [0.2, 0.25) is 0 Å². The van der Waals surface area contributed by atoms with Gasteiger partial charge >= 0.3 is 0 Å². The number of hydrogen-bond donors (Lipinski definition) is 0. The molecule has 1 aromatic rings. The molecule has 1 aromatic heterocycles. The molecule has 0 amide bonds. The number of nitrogens with zero attached hydrogens (tertiary/aromatic N) is 3. The van der Waals surface area contributed by atoms with Crippen molar-refractivity contribution in [1.29, 1.82) is 0 Å². The second-order valence-electron chi connectivity index (χ2n) is 5.89. The minimum Gasteiger partial charge on any atom is -0.325 e. The van der Waals surface area contributed by atoms with Gasteiger partial charge in [-0.25, -0.2) is 4.98 Å². The van der Waals surface area contributed by atoms with E-state index in [1.54, 1.807) is 0 Å². The molecule has 3 heteroatoms. The molecule has 3 rings (SSSR count). The first-order chi connectivity index (χ1) is 8.65. The molecule has 18 heavy (non-hydrogen) atoms. The summed E-state index contributed by atoms with van der Waals surface area (Å²) < 4.78 is 2.50. The SMILES string of the molecule is CC1=Cc2c(nc(C)n2C2CCN(C)CC2)CC1. The molecule has 0 atom stereocenters. The van der Waals surface area contributed by atoms with Gasteiger partial charge in [0.05, 0.1) is 11.4 Å². The third kappa shape index (κ3) is 2.01. The Hall–Kier alpha value is -1.09. The number of imidazole rings is 1. The number of fused-ring (bicyclic) bond motifs is 1. The lowest BCUT2D eigenvalue weighted by Gasteiger charge is -2.31. The van der Waals surface area contributed by atoms with Crippen LogP contribution in [-0.4, -0.2) is 34.6 Å². The van der Waals surface area contributed by atoms with Crippen LogP contribution >= 0.6 is 0 Å². The van der Waals surface area contributed by atoms with Crippen LogP contribution in [0, 0.1) is 6.92 Å². The van der Waals surface area contributed by atoms with Crippen molar-refractivity contribution in [3.8, 4) is 0 Å². The van der Waals surface area contributed by atoms with E-state index in [1.807, 2.05) is 0 Å². The van der Waals surface area contributed by atoms with Crippen LogP contribution in [0.3, 0.4) is 0 Å². The Bertz CT molecular complexity index is 476. The van der Waals surface area contributed by atoms with E-state index in [9.17, 15) is 0 Å². The summed E-state index contributed by atoms with van der Waals surface area (Å²) in [7, 11) is 2.22. The maximum Gasteiger partial charge on any atom is 0.106 e.